The number of alkyl halides is 3. The second kappa shape index (κ2) is 9.50. The van der Waals surface area contributed by atoms with Crippen LogP contribution < -0.4 is 4.90 Å². The van der Waals surface area contributed by atoms with E-state index in [1.807, 2.05) is 6.08 Å². The molecule has 0 atom stereocenters. The maximum absolute atomic E-state index is 13.8. The molecule has 0 unspecified atom stereocenters. The summed E-state index contributed by atoms with van der Waals surface area (Å²) in [6.07, 6.45) is -2.69. The molecule has 2 aliphatic rings. The van der Waals surface area contributed by atoms with Gasteiger partial charge in [-0.2, -0.15) is 13.2 Å². The first-order valence-electron chi connectivity index (χ1n) is 10.8. The maximum Gasteiger partial charge on any atom is 0.471 e. The van der Waals surface area contributed by atoms with Crippen LogP contribution in [0.3, 0.4) is 0 Å². The van der Waals surface area contributed by atoms with E-state index in [0.717, 1.165) is 22.7 Å². The number of carbonyl (C=O) groups excluding carboxylic acids is 3. The Morgan fingerprint density at radius 3 is 2.33 bits per heavy atom. The number of aldehydes is 1. The lowest BCUT2D eigenvalue weighted by Gasteiger charge is -2.49. The van der Waals surface area contributed by atoms with E-state index < -0.39 is 29.0 Å². The molecular weight excluding hydrogens is 586 g/mol. The highest BCUT2D eigenvalue weighted by atomic mass is 79.9. The van der Waals surface area contributed by atoms with Crippen LogP contribution in [0.4, 0.5) is 18.9 Å². The summed E-state index contributed by atoms with van der Waals surface area (Å²) in [6, 6.07) is 8.68. The lowest BCUT2D eigenvalue weighted by Crippen LogP contribution is -2.63. The summed E-state index contributed by atoms with van der Waals surface area (Å²) in [6.45, 7) is 0. The van der Waals surface area contributed by atoms with Crippen molar-refractivity contribution in [2.45, 2.75) is 42.8 Å². The minimum atomic E-state index is -5.26. The van der Waals surface area contributed by atoms with Gasteiger partial charge in [-0.3, -0.25) is 14.5 Å². The molecule has 11 heteroatoms. The SMILES string of the molecule is COC(=O)C1(N(C(=O)C(F)(F)F)c2cccc(Cl)c2)CCC2(CC1)C(Br)=Cc1cc(Cl)c(C=O)cc12. The van der Waals surface area contributed by atoms with Crippen LogP contribution in [0.2, 0.25) is 10.0 Å². The molecule has 0 N–H and O–H groups in total. The number of anilines is 1. The van der Waals surface area contributed by atoms with Crippen molar-refractivity contribution in [2.75, 3.05) is 12.0 Å². The molecule has 5 nitrogen and oxygen atoms in total. The number of hydrogen-bond donors (Lipinski definition) is 0. The molecule has 0 saturated heterocycles. The number of amides is 1. The van der Waals surface area contributed by atoms with Gasteiger partial charge in [0, 0.05) is 26.2 Å². The highest BCUT2D eigenvalue weighted by molar-refractivity contribution is 9.11. The second-order valence-corrected chi connectivity index (χ2v) is 10.5. The van der Waals surface area contributed by atoms with Gasteiger partial charge in [0.25, 0.3) is 0 Å². The zero-order valence-electron chi connectivity index (χ0n) is 18.8. The van der Waals surface area contributed by atoms with Crippen molar-refractivity contribution in [2.24, 2.45) is 0 Å². The van der Waals surface area contributed by atoms with Crippen LogP contribution in [0.15, 0.2) is 40.9 Å². The van der Waals surface area contributed by atoms with Crippen LogP contribution in [0, 0.1) is 0 Å². The minimum Gasteiger partial charge on any atom is -0.467 e. The van der Waals surface area contributed by atoms with Crippen LogP contribution in [0.1, 0.15) is 47.2 Å². The van der Waals surface area contributed by atoms with E-state index in [0.29, 0.717) is 11.2 Å². The average Bonchev–Trinajstić information content (AvgIpc) is 3.08. The van der Waals surface area contributed by atoms with Gasteiger partial charge in [0.15, 0.2) is 6.29 Å². The third-order valence-corrected chi connectivity index (χ3v) is 8.54. The number of benzene rings is 2. The fourth-order valence-corrected chi connectivity index (χ4v) is 6.50. The molecule has 1 fully saturated rings. The Bertz CT molecular complexity index is 1290. The van der Waals surface area contributed by atoms with Crippen LogP contribution in [-0.4, -0.2) is 37.0 Å². The maximum atomic E-state index is 13.8. The summed E-state index contributed by atoms with van der Waals surface area (Å²) in [7, 11) is 1.07. The highest BCUT2D eigenvalue weighted by Crippen LogP contribution is 2.57. The van der Waals surface area contributed by atoms with Crippen LogP contribution >= 0.6 is 39.1 Å². The number of hydrogen-bond acceptors (Lipinski definition) is 4. The zero-order valence-corrected chi connectivity index (χ0v) is 21.9. The summed E-state index contributed by atoms with van der Waals surface area (Å²) < 4.78 is 47.2. The summed E-state index contributed by atoms with van der Waals surface area (Å²) in [5.74, 6) is -3.15. The number of allylic oxidation sites excluding steroid dienone is 1. The van der Waals surface area contributed by atoms with Crippen LogP contribution in [0.25, 0.3) is 6.08 Å². The molecule has 1 saturated carbocycles. The molecule has 0 bridgehead atoms. The number of rotatable bonds is 4. The molecule has 1 amide bonds. The van der Waals surface area contributed by atoms with E-state index in [1.54, 1.807) is 12.1 Å². The Morgan fingerprint density at radius 1 is 1.11 bits per heavy atom. The molecule has 36 heavy (non-hydrogen) atoms. The monoisotopic (exact) mass is 603 g/mol. The van der Waals surface area contributed by atoms with Crippen molar-refractivity contribution in [3.63, 3.8) is 0 Å². The summed E-state index contributed by atoms with van der Waals surface area (Å²) in [5, 5.41) is 0.383. The van der Waals surface area contributed by atoms with Gasteiger partial charge in [0.05, 0.1) is 12.1 Å². The van der Waals surface area contributed by atoms with Crippen molar-refractivity contribution < 1.29 is 32.3 Å². The first-order valence-corrected chi connectivity index (χ1v) is 12.4. The number of methoxy groups -OCH3 is 1. The highest BCUT2D eigenvalue weighted by Gasteiger charge is 2.59. The van der Waals surface area contributed by atoms with E-state index in [1.165, 1.54) is 24.3 Å². The molecule has 190 valence electrons. The van der Waals surface area contributed by atoms with Gasteiger partial charge in [-0.15, -0.1) is 0 Å². The van der Waals surface area contributed by atoms with Crippen molar-refractivity contribution in [3.05, 3.63) is 67.6 Å². The Morgan fingerprint density at radius 2 is 1.78 bits per heavy atom. The number of carbonyl (C=O) groups is 3. The predicted molar refractivity (Wildman–Crippen MR) is 134 cm³/mol. The molecular formula is C25H19BrCl2F3NO4. The first-order chi connectivity index (χ1) is 16.9. The van der Waals surface area contributed by atoms with E-state index in [2.05, 4.69) is 15.9 Å². The van der Waals surface area contributed by atoms with Gasteiger partial charge in [0.2, 0.25) is 0 Å². The number of nitrogens with zero attached hydrogens (tertiary/aromatic N) is 1. The van der Waals surface area contributed by atoms with Crippen molar-refractivity contribution in [1.29, 1.82) is 0 Å². The smallest absolute Gasteiger partial charge is 0.467 e. The van der Waals surface area contributed by atoms with E-state index in [-0.39, 0.29) is 47.0 Å². The fraction of sp³-hybridized carbons (Fsp3) is 0.320. The molecule has 0 heterocycles. The van der Waals surface area contributed by atoms with Gasteiger partial charge >= 0.3 is 18.1 Å². The van der Waals surface area contributed by atoms with Gasteiger partial charge in [0.1, 0.15) is 5.54 Å². The lowest BCUT2D eigenvalue weighted by molar-refractivity contribution is -0.174. The van der Waals surface area contributed by atoms with Gasteiger partial charge in [-0.25, -0.2) is 4.79 Å². The van der Waals surface area contributed by atoms with E-state index in [4.69, 9.17) is 27.9 Å². The largest absolute Gasteiger partial charge is 0.471 e. The normalized spacial score (nSPS) is 23.1. The number of esters is 1. The molecule has 2 aromatic carbocycles. The number of ether oxygens (including phenoxy) is 1. The Labute approximate surface area is 223 Å². The zero-order chi connectivity index (χ0) is 26.5. The summed E-state index contributed by atoms with van der Waals surface area (Å²) in [5.41, 5.74) is -0.994. The average molecular weight is 605 g/mol. The molecule has 0 aliphatic heterocycles. The number of fused-ring (bicyclic) bond motifs is 2. The number of halogens is 6. The molecule has 4 rings (SSSR count). The molecule has 0 aromatic heterocycles. The minimum absolute atomic E-state index is 0.105. The van der Waals surface area contributed by atoms with E-state index in [9.17, 15) is 27.6 Å². The third kappa shape index (κ3) is 4.25. The van der Waals surface area contributed by atoms with Gasteiger partial charge in [-0.05, 0) is 73.2 Å². The molecule has 2 aliphatic carbocycles. The quantitative estimate of drug-likeness (QED) is 0.282. The molecule has 0 radical (unpaired) electrons. The summed E-state index contributed by atoms with van der Waals surface area (Å²) in [4.78, 5) is 38.0. The second-order valence-electron chi connectivity index (χ2n) is 8.79. The third-order valence-electron chi connectivity index (χ3n) is 6.99. The summed E-state index contributed by atoms with van der Waals surface area (Å²) >= 11 is 15.8. The van der Waals surface area contributed by atoms with Crippen molar-refractivity contribution in [1.82, 2.24) is 0 Å². The Hall–Kier alpha value is -2.36. The van der Waals surface area contributed by atoms with Crippen molar-refractivity contribution in [3.8, 4) is 0 Å². The fourth-order valence-electron chi connectivity index (χ4n) is 5.24. The van der Waals surface area contributed by atoms with E-state index >= 15 is 0 Å². The molecule has 2 aromatic rings. The predicted octanol–water partition coefficient (Wildman–Crippen LogP) is 6.87. The van der Waals surface area contributed by atoms with Crippen LogP contribution in [0.5, 0.6) is 0 Å². The Balaban J connectivity index is 1.83. The lowest BCUT2D eigenvalue weighted by atomic mass is 9.64. The van der Waals surface area contributed by atoms with Crippen molar-refractivity contribution >= 4 is 69.1 Å². The first kappa shape index (κ1) is 26.7. The standard InChI is InChI=1S/C25H19BrCl2F3NO4/c1-36-22(35)24(32(21(34)25(29,30)31)17-4-2-3-16(27)12-17)7-5-23(6-8-24)18-9-15(13-33)19(28)10-14(18)11-20(23)26/h2-4,9-13H,5-8H2,1H3. The van der Waals surface area contributed by atoms with Gasteiger partial charge < -0.3 is 4.74 Å². The molecule has 1 spiro atoms. The topological polar surface area (TPSA) is 63.7 Å². The Kier molecular flexibility index (Phi) is 7.05. The van der Waals surface area contributed by atoms with Gasteiger partial charge in [-0.1, -0.05) is 45.2 Å². The van der Waals surface area contributed by atoms with Crippen LogP contribution in [-0.2, 0) is 19.7 Å².